The van der Waals surface area contributed by atoms with E-state index in [1.807, 2.05) is 25.5 Å². The summed E-state index contributed by atoms with van der Waals surface area (Å²) in [6, 6.07) is 4.31. The molecule has 0 aliphatic heterocycles. The molecule has 0 fully saturated rings. The van der Waals surface area contributed by atoms with Gasteiger partial charge in [-0.25, -0.2) is 4.98 Å². The number of likely N-dealkylation sites (N-methyl/N-ethyl adjacent to an activating group) is 1. The Balaban J connectivity index is 2.12. The van der Waals surface area contributed by atoms with Crippen molar-refractivity contribution in [2.45, 2.75) is 32.4 Å². The Labute approximate surface area is 117 Å². The van der Waals surface area contributed by atoms with Crippen LogP contribution in [0.5, 0.6) is 0 Å². The van der Waals surface area contributed by atoms with E-state index >= 15 is 0 Å². The number of hydrogen-bond acceptors (Lipinski definition) is 3. The Hall–Kier alpha value is -0.840. The van der Waals surface area contributed by atoms with E-state index in [9.17, 15) is 0 Å². The van der Waals surface area contributed by atoms with Gasteiger partial charge in [0.05, 0.1) is 4.34 Å². The van der Waals surface area contributed by atoms with Crippen molar-refractivity contribution in [2.75, 3.05) is 7.05 Å². The number of thiophene rings is 1. The maximum absolute atomic E-state index is 5.99. The summed E-state index contributed by atoms with van der Waals surface area (Å²) in [5.74, 6) is 1.13. The molecule has 0 radical (unpaired) electrons. The van der Waals surface area contributed by atoms with E-state index in [1.165, 1.54) is 4.88 Å². The van der Waals surface area contributed by atoms with Crippen LogP contribution >= 0.6 is 22.9 Å². The molecular weight excluding hydrogens is 266 g/mol. The Morgan fingerprint density at radius 2 is 2.33 bits per heavy atom. The molecule has 98 valence electrons. The van der Waals surface area contributed by atoms with Gasteiger partial charge in [0.15, 0.2) is 0 Å². The van der Waals surface area contributed by atoms with Gasteiger partial charge in [-0.15, -0.1) is 11.3 Å². The average molecular weight is 284 g/mol. The van der Waals surface area contributed by atoms with Gasteiger partial charge in [0, 0.05) is 36.3 Å². The maximum Gasteiger partial charge on any atom is 0.110 e. The van der Waals surface area contributed by atoms with Crippen LogP contribution in [-0.4, -0.2) is 16.6 Å². The maximum atomic E-state index is 5.99. The molecule has 2 aromatic heterocycles. The molecule has 0 aromatic carbocycles. The molecule has 18 heavy (non-hydrogen) atoms. The van der Waals surface area contributed by atoms with Crippen LogP contribution < -0.4 is 5.32 Å². The third-order valence-corrected chi connectivity index (χ3v) is 4.28. The van der Waals surface area contributed by atoms with Gasteiger partial charge < -0.3 is 9.88 Å². The fourth-order valence-corrected chi connectivity index (χ4v) is 3.19. The van der Waals surface area contributed by atoms with Gasteiger partial charge in [-0.05, 0) is 25.6 Å². The minimum absolute atomic E-state index is 0.278. The van der Waals surface area contributed by atoms with Crippen LogP contribution in [-0.2, 0) is 13.0 Å². The van der Waals surface area contributed by atoms with Gasteiger partial charge in [0.2, 0.25) is 0 Å². The first kappa shape index (κ1) is 13.6. The van der Waals surface area contributed by atoms with E-state index < -0.39 is 0 Å². The van der Waals surface area contributed by atoms with Gasteiger partial charge in [0.25, 0.3) is 0 Å². The summed E-state index contributed by atoms with van der Waals surface area (Å²) >= 11 is 7.62. The van der Waals surface area contributed by atoms with E-state index in [0.717, 1.165) is 29.5 Å². The van der Waals surface area contributed by atoms with Crippen molar-refractivity contribution in [2.24, 2.45) is 0 Å². The fraction of sp³-hybridized carbons (Fsp3) is 0.462. The molecule has 0 spiro atoms. The summed E-state index contributed by atoms with van der Waals surface area (Å²) in [6.07, 6.45) is 5.94. The first-order valence-electron chi connectivity index (χ1n) is 6.17. The predicted molar refractivity (Wildman–Crippen MR) is 77.4 cm³/mol. The van der Waals surface area contributed by atoms with E-state index in [-0.39, 0.29) is 6.04 Å². The standard InChI is InChI=1S/C13H18ClN3S/c1-3-7-17-8-6-16-13(17)9-10(15-2)11-4-5-12(14)18-11/h4-6,8,10,15H,3,7,9H2,1-2H3. The lowest BCUT2D eigenvalue weighted by Gasteiger charge is -2.15. The van der Waals surface area contributed by atoms with E-state index in [1.54, 1.807) is 11.3 Å². The number of rotatable bonds is 6. The Morgan fingerprint density at radius 1 is 1.50 bits per heavy atom. The molecule has 0 aliphatic carbocycles. The van der Waals surface area contributed by atoms with Crippen molar-refractivity contribution in [1.82, 2.24) is 14.9 Å². The number of aryl methyl sites for hydroxylation is 1. The topological polar surface area (TPSA) is 29.9 Å². The third kappa shape index (κ3) is 3.13. The van der Waals surface area contributed by atoms with Crippen molar-refractivity contribution >= 4 is 22.9 Å². The highest BCUT2D eigenvalue weighted by Gasteiger charge is 2.15. The summed E-state index contributed by atoms with van der Waals surface area (Å²) in [4.78, 5) is 5.71. The number of halogens is 1. The van der Waals surface area contributed by atoms with Gasteiger partial charge in [-0.1, -0.05) is 18.5 Å². The minimum atomic E-state index is 0.278. The molecule has 0 saturated heterocycles. The number of hydrogen-bond donors (Lipinski definition) is 1. The van der Waals surface area contributed by atoms with Crippen LogP contribution in [0, 0.1) is 0 Å². The second-order valence-electron chi connectivity index (χ2n) is 4.22. The molecule has 0 amide bonds. The second-order valence-corrected chi connectivity index (χ2v) is 5.97. The highest BCUT2D eigenvalue weighted by molar-refractivity contribution is 7.16. The molecule has 0 aliphatic rings. The Morgan fingerprint density at radius 3 is 2.94 bits per heavy atom. The van der Waals surface area contributed by atoms with E-state index in [0.29, 0.717) is 0 Å². The van der Waals surface area contributed by atoms with Gasteiger partial charge >= 0.3 is 0 Å². The Kier molecular flexibility index (Phi) is 4.80. The zero-order chi connectivity index (χ0) is 13.0. The van der Waals surface area contributed by atoms with Crippen LogP contribution in [0.25, 0.3) is 0 Å². The molecule has 3 nitrogen and oxygen atoms in total. The van der Waals surface area contributed by atoms with Crippen LogP contribution in [0.2, 0.25) is 4.34 Å². The molecule has 2 aromatic rings. The molecule has 1 atom stereocenters. The van der Waals surface area contributed by atoms with Gasteiger partial charge in [0.1, 0.15) is 5.82 Å². The zero-order valence-electron chi connectivity index (χ0n) is 10.7. The number of nitrogens with one attached hydrogen (secondary N) is 1. The van der Waals surface area contributed by atoms with Crippen LogP contribution in [0.15, 0.2) is 24.5 Å². The van der Waals surface area contributed by atoms with Gasteiger partial charge in [-0.3, -0.25) is 0 Å². The quantitative estimate of drug-likeness (QED) is 0.879. The average Bonchev–Trinajstić information content (AvgIpc) is 2.96. The second kappa shape index (κ2) is 6.36. The zero-order valence-corrected chi connectivity index (χ0v) is 12.3. The minimum Gasteiger partial charge on any atom is -0.335 e. The van der Waals surface area contributed by atoms with Crippen molar-refractivity contribution in [1.29, 1.82) is 0 Å². The third-order valence-electron chi connectivity index (χ3n) is 2.94. The number of nitrogens with zero attached hydrogens (tertiary/aromatic N) is 2. The molecule has 0 saturated carbocycles. The molecular formula is C13H18ClN3S. The first-order valence-corrected chi connectivity index (χ1v) is 7.36. The number of aromatic nitrogens is 2. The molecule has 1 unspecified atom stereocenters. The van der Waals surface area contributed by atoms with Crippen LogP contribution in [0.3, 0.4) is 0 Å². The monoisotopic (exact) mass is 283 g/mol. The van der Waals surface area contributed by atoms with Crippen molar-refractivity contribution in [3.05, 3.63) is 39.6 Å². The smallest absolute Gasteiger partial charge is 0.110 e. The molecule has 5 heteroatoms. The molecule has 2 rings (SSSR count). The lowest BCUT2D eigenvalue weighted by molar-refractivity contribution is 0.549. The highest BCUT2D eigenvalue weighted by Crippen LogP contribution is 2.28. The normalized spacial score (nSPS) is 12.8. The summed E-state index contributed by atoms with van der Waals surface area (Å²) in [5, 5.41) is 3.34. The molecule has 1 N–H and O–H groups in total. The summed E-state index contributed by atoms with van der Waals surface area (Å²) in [5.41, 5.74) is 0. The lowest BCUT2D eigenvalue weighted by Crippen LogP contribution is -2.20. The van der Waals surface area contributed by atoms with E-state index in [4.69, 9.17) is 11.6 Å². The summed E-state index contributed by atoms with van der Waals surface area (Å²) < 4.78 is 3.06. The summed E-state index contributed by atoms with van der Waals surface area (Å²) in [6.45, 7) is 3.20. The molecule has 0 bridgehead atoms. The van der Waals surface area contributed by atoms with Crippen molar-refractivity contribution in [3.8, 4) is 0 Å². The van der Waals surface area contributed by atoms with Crippen LogP contribution in [0.4, 0.5) is 0 Å². The van der Waals surface area contributed by atoms with Crippen LogP contribution in [0.1, 0.15) is 30.1 Å². The lowest BCUT2D eigenvalue weighted by atomic mass is 10.1. The van der Waals surface area contributed by atoms with Crippen molar-refractivity contribution < 1.29 is 0 Å². The Bertz CT molecular complexity index is 492. The van der Waals surface area contributed by atoms with Crippen molar-refractivity contribution in [3.63, 3.8) is 0 Å². The van der Waals surface area contributed by atoms with E-state index in [2.05, 4.69) is 27.9 Å². The number of imidazole rings is 1. The highest BCUT2D eigenvalue weighted by atomic mass is 35.5. The predicted octanol–water partition coefficient (Wildman–Crippen LogP) is 3.51. The fourth-order valence-electron chi connectivity index (χ4n) is 2.02. The SMILES string of the molecule is CCCn1ccnc1CC(NC)c1ccc(Cl)s1. The summed E-state index contributed by atoms with van der Waals surface area (Å²) in [7, 11) is 1.98. The first-order chi connectivity index (χ1) is 8.74. The largest absolute Gasteiger partial charge is 0.335 e. The molecule has 2 heterocycles. The van der Waals surface area contributed by atoms with Gasteiger partial charge in [-0.2, -0.15) is 0 Å².